The first-order chi connectivity index (χ1) is 34.5. The average Bonchev–Trinajstić information content (AvgIpc) is 3.37. The Bertz CT molecular complexity index is 2570. The minimum Gasteiger partial charge on any atom is -0.460 e. The van der Waals surface area contributed by atoms with E-state index in [0.717, 1.165) is 89.4 Å². The van der Waals surface area contributed by atoms with Crippen molar-refractivity contribution in [1.82, 2.24) is 0 Å². The Morgan fingerprint density at radius 1 is 0.569 bits per heavy atom. The molecular weight excluding hydrogens is 879 g/mol. The standard InChI is InChI=1S/C67H89N3O2/c1-14-44-69(62-47(16-3)26-24-27-48(62)17-4)53-38-34-51(35-39-53)61(52-36-40-54(41-37-52)70(45-15-2)63-49(18-5)28-25-29-50(63)19-6)57-42-43-58(56-31-21-20-30-55(56)57)68-59-32-22-23-33-60(59)72-64(71)67(13,66(10,11)12)46-65(7,8)9/h20-21,24-31,34-43,59-61,68H,14-19,22-23,32-33,44-46H2,1-13H3. The molecule has 5 heteroatoms. The van der Waals surface area contributed by atoms with Crippen LogP contribution in [-0.4, -0.2) is 31.2 Å². The summed E-state index contributed by atoms with van der Waals surface area (Å²) in [4.78, 5) is 19.6. The van der Waals surface area contributed by atoms with E-state index in [1.165, 1.54) is 72.5 Å². The molecule has 7 rings (SSSR count). The van der Waals surface area contributed by atoms with Crippen molar-refractivity contribution in [1.29, 1.82) is 0 Å². The van der Waals surface area contributed by atoms with Gasteiger partial charge in [-0.05, 0) is 157 Å². The molecule has 0 amide bonds. The zero-order chi connectivity index (χ0) is 51.8. The molecule has 6 aromatic carbocycles. The van der Waals surface area contributed by atoms with Gasteiger partial charge in [0.25, 0.3) is 0 Å². The summed E-state index contributed by atoms with van der Waals surface area (Å²) in [5, 5.41) is 6.42. The van der Waals surface area contributed by atoms with Gasteiger partial charge >= 0.3 is 5.97 Å². The molecule has 0 aromatic heterocycles. The van der Waals surface area contributed by atoms with Crippen LogP contribution < -0.4 is 15.1 Å². The van der Waals surface area contributed by atoms with Gasteiger partial charge in [0.1, 0.15) is 6.10 Å². The van der Waals surface area contributed by atoms with Crippen molar-refractivity contribution < 1.29 is 9.53 Å². The van der Waals surface area contributed by atoms with Crippen LogP contribution in [0, 0.1) is 16.2 Å². The number of benzene rings is 6. The van der Waals surface area contributed by atoms with Crippen molar-refractivity contribution in [3.63, 3.8) is 0 Å². The van der Waals surface area contributed by atoms with Gasteiger partial charge < -0.3 is 19.9 Å². The first kappa shape index (κ1) is 54.2. The first-order valence-electron chi connectivity index (χ1n) is 28.0. The molecule has 0 bridgehead atoms. The number of anilines is 5. The molecule has 6 aromatic rings. The van der Waals surface area contributed by atoms with Crippen molar-refractivity contribution in [2.24, 2.45) is 16.2 Å². The second-order valence-corrected chi connectivity index (χ2v) is 23.2. The van der Waals surface area contributed by atoms with Crippen molar-refractivity contribution >= 4 is 45.2 Å². The van der Waals surface area contributed by atoms with Crippen LogP contribution in [0.1, 0.15) is 180 Å². The molecule has 384 valence electrons. The lowest BCUT2D eigenvalue weighted by Crippen LogP contribution is -2.48. The van der Waals surface area contributed by atoms with Crippen LogP contribution >= 0.6 is 0 Å². The Hall–Kier alpha value is -5.55. The summed E-state index contributed by atoms with van der Waals surface area (Å²) in [5.74, 6) is -0.101. The van der Waals surface area contributed by atoms with Crippen LogP contribution in [0.2, 0.25) is 0 Å². The summed E-state index contributed by atoms with van der Waals surface area (Å²) in [5.41, 5.74) is 14.8. The molecule has 5 nitrogen and oxygen atoms in total. The number of para-hydroxylation sites is 2. The minimum atomic E-state index is -0.619. The number of rotatable bonds is 20. The van der Waals surface area contributed by atoms with Crippen molar-refractivity contribution in [2.45, 2.75) is 179 Å². The number of hydrogen-bond donors (Lipinski definition) is 1. The monoisotopic (exact) mass is 968 g/mol. The van der Waals surface area contributed by atoms with Crippen LogP contribution in [0.4, 0.5) is 28.4 Å². The Labute approximate surface area is 436 Å². The Balaban J connectivity index is 1.31. The van der Waals surface area contributed by atoms with Gasteiger partial charge in [0.2, 0.25) is 0 Å². The number of esters is 1. The third kappa shape index (κ3) is 11.8. The number of fused-ring (bicyclic) bond motifs is 1. The molecule has 3 atom stereocenters. The van der Waals surface area contributed by atoms with Gasteiger partial charge in [-0.15, -0.1) is 0 Å². The second-order valence-electron chi connectivity index (χ2n) is 23.2. The Kier molecular flexibility index (Phi) is 17.7. The molecule has 72 heavy (non-hydrogen) atoms. The molecule has 3 unspecified atom stereocenters. The fraction of sp³-hybridized carbons (Fsp3) is 0.478. The largest absolute Gasteiger partial charge is 0.460 e. The lowest BCUT2D eigenvalue weighted by molar-refractivity contribution is -0.172. The molecule has 0 radical (unpaired) electrons. The highest BCUT2D eigenvalue weighted by Gasteiger charge is 2.49. The fourth-order valence-electron chi connectivity index (χ4n) is 11.8. The number of carbonyl (C=O) groups excluding carboxylic acids is 1. The van der Waals surface area contributed by atoms with Crippen molar-refractivity contribution in [2.75, 3.05) is 28.2 Å². The van der Waals surface area contributed by atoms with E-state index in [1.54, 1.807) is 0 Å². The highest BCUT2D eigenvalue weighted by Crippen LogP contribution is 2.49. The van der Waals surface area contributed by atoms with Gasteiger partial charge in [0.15, 0.2) is 0 Å². The molecule has 0 spiro atoms. The van der Waals surface area contributed by atoms with E-state index in [-0.39, 0.29) is 34.9 Å². The van der Waals surface area contributed by atoms with Gasteiger partial charge in [-0.25, -0.2) is 0 Å². The van der Waals surface area contributed by atoms with E-state index >= 15 is 0 Å². The third-order valence-electron chi connectivity index (χ3n) is 16.0. The highest BCUT2D eigenvalue weighted by molar-refractivity contribution is 5.97. The Morgan fingerprint density at radius 3 is 1.46 bits per heavy atom. The molecular formula is C67H89N3O2. The maximum Gasteiger partial charge on any atom is 0.312 e. The van der Waals surface area contributed by atoms with E-state index in [2.05, 4.69) is 226 Å². The smallest absolute Gasteiger partial charge is 0.312 e. The molecule has 0 heterocycles. The van der Waals surface area contributed by atoms with Gasteiger partial charge in [-0.3, -0.25) is 4.79 Å². The summed E-state index contributed by atoms with van der Waals surface area (Å²) in [6, 6.07) is 46.3. The molecule has 1 N–H and O–H groups in total. The van der Waals surface area contributed by atoms with Gasteiger partial charge in [0, 0.05) is 52.8 Å². The van der Waals surface area contributed by atoms with Crippen molar-refractivity contribution in [3.05, 3.63) is 160 Å². The Morgan fingerprint density at radius 2 is 1.03 bits per heavy atom. The zero-order valence-corrected chi connectivity index (χ0v) is 46.7. The average molecular weight is 968 g/mol. The zero-order valence-electron chi connectivity index (χ0n) is 46.7. The summed E-state index contributed by atoms with van der Waals surface area (Å²) >= 11 is 0. The molecule has 1 saturated carbocycles. The fourth-order valence-corrected chi connectivity index (χ4v) is 11.8. The second kappa shape index (κ2) is 23.5. The topological polar surface area (TPSA) is 44.8 Å². The molecule has 0 saturated heterocycles. The summed E-state index contributed by atoms with van der Waals surface area (Å²) < 4.78 is 6.69. The van der Waals surface area contributed by atoms with E-state index in [9.17, 15) is 4.79 Å². The minimum absolute atomic E-state index is 0.0148. The predicted octanol–water partition coefficient (Wildman–Crippen LogP) is 18.1. The highest BCUT2D eigenvalue weighted by atomic mass is 16.5. The maximum absolute atomic E-state index is 14.4. The summed E-state index contributed by atoms with van der Waals surface area (Å²) in [6.45, 7) is 31.0. The van der Waals surface area contributed by atoms with Crippen LogP contribution in [0.3, 0.4) is 0 Å². The van der Waals surface area contributed by atoms with Crippen LogP contribution in [0.15, 0.2) is 121 Å². The van der Waals surface area contributed by atoms with Crippen LogP contribution in [0.5, 0.6) is 0 Å². The van der Waals surface area contributed by atoms with E-state index in [0.29, 0.717) is 0 Å². The first-order valence-corrected chi connectivity index (χ1v) is 28.0. The summed E-state index contributed by atoms with van der Waals surface area (Å²) in [6.07, 6.45) is 10.6. The summed E-state index contributed by atoms with van der Waals surface area (Å²) in [7, 11) is 0. The van der Waals surface area contributed by atoms with Crippen LogP contribution in [0.25, 0.3) is 10.8 Å². The number of aryl methyl sites for hydroxylation is 4. The number of nitrogens with zero attached hydrogens (tertiary/aromatic N) is 2. The quantitative estimate of drug-likeness (QED) is 0.0610. The number of ether oxygens (including phenoxy) is 1. The van der Waals surface area contributed by atoms with Crippen molar-refractivity contribution in [3.8, 4) is 0 Å². The van der Waals surface area contributed by atoms with Gasteiger partial charge in [-0.2, -0.15) is 0 Å². The predicted molar refractivity (Wildman–Crippen MR) is 310 cm³/mol. The molecule has 0 aliphatic heterocycles. The molecule has 1 aliphatic rings. The SMILES string of the molecule is CCCN(c1ccc(C(c2ccc(N(CCC)c3c(CC)cccc3CC)cc2)c2ccc(NC3CCCCC3OC(=O)C(C)(CC(C)(C)C)C(C)(C)C)c3ccccc23)cc1)c1c(CC)cccc1CC. The van der Waals surface area contributed by atoms with E-state index in [4.69, 9.17) is 4.74 Å². The number of hydrogen-bond acceptors (Lipinski definition) is 5. The number of carbonyl (C=O) groups is 1. The number of nitrogens with one attached hydrogen (secondary N) is 1. The van der Waals surface area contributed by atoms with E-state index < -0.39 is 5.41 Å². The maximum atomic E-state index is 14.4. The third-order valence-corrected chi connectivity index (χ3v) is 16.0. The van der Waals surface area contributed by atoms with E-state index in [1.807, 2.05) is 0 Å². The van der Waals surface area contributed by atoms with Gasteiger partial charge in [-0.1, -0.05) is 181 Å². The lowest BCUT2D eigenvalue weighted by atomic mass is 9.61. The molecule has 1 fully saturated rings. The normalized spacial score (nSPS) is 16.1. The molecule has 1 aliphatic carbocycles. The lowest BCUT2D eigenvalue weighted by Gasteiger charge is -2.45. The van der Waals surface area contributed by atoms with Gasteiger partial charge in [0.05, 0.1) is 11.5 Å². The van der Waals surface area contributed by atoms with Crippen LogP contribution in [-0.2, 0) is 35.2 Å².